The molecular formula is C21H25NO5. The van der Waals surface area contributed by atoms with Crippen LogP contribution in [0.15, 0.2) is 54.6 Å². The molecule has 0 radical (unpaired) electrons. The van der Waals surface area contributed by atoms with Crippen molar-refractivity contribution in [3.8, 4) is 11.5 Å². The normalized spacial score (nSPS) is 12.3. The minimum atomic E-state index is -1.09. The Bertz CT molecular complexity index is 750. The van der Waals surface area contributed by atoms with E-state index in [-0.39, 0.29) is 18.6 Å². The van der Waals surface area contributed by atoms with E-state index in [2.05, 4.69) is 5.32 Å². The Hall–Kier alpha value is -2.86. The standard InChI is InChI=1S/C21H25NO5/c1-21(2,3)26-14-13-18(20(24)25)22-19(23)15-9-11-17(12-10-15)27-16-7-5-4-6-8-16/h4-12,18H,13-14H2,1-3H3,(H,22,23)(H,24,25). The average Bonchev–Trinajstić information content (AvgIpc) is 2.61. The van der Waals surface area contributed by atoms with E-state index in [4.69, 9.17) is 9.47 Å². The molecule has 0 bridgehead atoms. The first-order chi connectivity index (χ1) is 12.7. The number of carboxylic acids is 1. The SMILES string of the molecule is CC(C)(C)OCCC(NC(=O)c1ccc(Oc2ccccc2)cc1)C(=O)O. The highest BCUT2D eigenvalue weighted by Crippen LogP contribution is 2.21. The Labute approximate surface area is 159 Å². The maximum atomic E-state index is 12.3. The van der Waals surface area contributed by atoms with Gasteiger partial charge in [0.15, 0.2) is 0 Å². The van der Waals surface area contributed by atoms with Crippen LogP contribution in [0.2, 0.25) is 0 Å². The molecule has 0 fully saturated rings. The van der Waals surface area contributed by atoms with Crippen LogP contribution in [-0.2, 0) is 9.53 Å². The molecule has 1 amide bonds. The van der Waals surface area contributed by atoms with Gasteiger partial charge in [-0.15, -0.1) is 0 Å². The Balaban J connectivity index is 1.94. The van der Waals surface area contributed by atoms with Gasteiger partial charge < -0.3 is 19.9 Å². The zero-order valence-corrected chi connectivity index (χ0v) is 15.8. The number of nitrogens with one attached hydrogen (secondary N) is 1. The number of ether oxygens (including phenoxy) is 2. The molecular weight excluding hydrogens is 346 g/mol. The fourth-order valence-electron chi connectivity index (χ4n) is 2.28. The van der Waals surface area contributed by atoms with Crippen molar-refractivity contribution >= 4 is 11.9 Å². The van der Waals surface area contributed by atoms with E-state index in [0.29, 0.717) is 17.1 Å². The maximum Gasteiger partial charge on any atom is 0.326 e. The zero-order valence-electron chi connectivity index (χ0n) is 15.8. The molecule has 0 saturated heterocycles. The molecule has 1 unspecified atom stereocenters. The number of hydrogen-bond acceptors (Lipinski definition) is 4. The third kappa shape index (κ3) is 7.11. The molecule has 0 saturated carbocycles. The summed E-state index contributed by atoms with van der Waals surface area (Å²) in [5.74, 6) is -0.264. The summed E-state index contributed by atoms with van der Waals surface area (Å²) >= 11 is 0. The molecule has 144 valence electrons. The van der Waals surface area contributed by atoms with Crippen LogP contribution in [0.3, 0.4) is 0 Å². The van der Waals surface area contributed by atoms with E-state index in [1.807, 2.05) is 51.1 Å². The lowest BCUT2D eigenvalue weighted by Crippen LogP contribution is -2.42. The summed E-state index contributed by atoms with van der Waals surface area (Å²) in [4.78, 5) is 23.7. The van der Waals surface area contributed by atoms with Gasteiger partial charge in [-0.3, -0.25) is 4.79 Å². The van der Waals surface area contributed by atoms with Crippen molar-refractivity contribution < 1.29 is 24.2 Å². The fourth-order valence-corrected chi connectivity index (χ4v) is 2.28. The summed E-state index contributed by atoms with van der Waals surface area (Å²) in [7, 11) is 0. The van der Waals surface area contributed by atoms with Crippen LogP contribution in [-0.4, -0.2) is 35.2 Å². The van der Waals surface area contributed by atoms with Crippen LogP contribution in [0.1, 0.15) is 37.6 Å². The number of carbonyl (C=O) groups excluding carboxylic acids is 1. The van der Waals surface area contributed by atoms with Crippen molar-refractivity contribution in [3.05, 3.63) is 60.2 Å². The van der Waals surface area contributed by atoms with Crippen molar-refractivity contribution in [1.29, 1.82) is 0 Å². The molecule has 2 rings (SSSR count). The molecule has 2 aromatic carbocycles. The van der Waals surface area contributed by atoms with Crippen LogP contribution in [0, 0.1) is 0 Å². The molecule has 1 atom stereocenters. The first-order valence-electron chi connectivity index (χ1n) is 8.75. The van der Waals surface area contributed by atoms with Gasteiger partial charge in [-0.1, -0.05) is 18.2 Å². The monoisotopic (exact) mass is 371 g/mol. The average molecular weight is 371 g/mol. The van der Waals surface area contributed by atoms with Crippen molar-refractivity contribution in [2.24, 2.45) is 0 Å². The highest BCUT2D eigenvalue weighted by Gasteiger charge is 2.21. The molecule has 0 aliphatic heterocycles. The number of carboxylic acid groups (broad SMARTS) is 1. The highest BCUT2D eigenvalue weighted by atomic mass is 16.5. The third-order valence-corrected chi connectivity index (χ3v) is 3.64. The number of hydrogen-bond donors (Lipinski definition) is 2. The fraction of sp³-hybridized carbons (Fsp3) is 0.333. The first kappa shape index (κ1) is 20.5. The van der Waals surface area contributed by atoms with Crippen molar-refractivity contribution in [2.45, 2.75) is 38.8 Å². The van der Waals surface area contributed by atoms with Crippen molar-refractivity contribution in [3.63, 3.8) is 0 Å². The zero-order chi connectivity index (χ0) is 19.9. The topological polar surface area (TPSA) is 84.9 Å². The first-order valence-corrected chi connectivity index (χ1v) is 8.75. The van der Waals surface area contributed by atoms with Crippen LogP contribution < -0.4 is 10.1 Å². The lowest BCUT2D eigenvalue weighted by molar-refractivity contribution is -0.140. The number of benzene rings is 2. The lowest BCUT2D eigenvalue weighted by Gasteiger charge is -2.21. The minimum absolute atomic E-state index is 0.188. The molecule has 0 aromatic heterocycles. The van der Waals surface area contributed by atoms with Gasteiger partial charge in [0.25, 0.3) is 5.91 Å². The van der Waals surface area contributed by atoms with Crippen LogP contribution in [0.4, 0.5) is 0 Å². The maximum absolute atomic E-state index is 12.3. The molecule has 0 spiro atoms. The molecule has 0 aliphatic carbocycles. The Morgan fingerprint density at radius 3 is 2.15 bits per heavy atom. The summed E-state index contributed by atoms with van der Waals surface area (Å²) in [6.07, 6.45) is 0.188. The molecule has 2 N–H and O–H groups in total. The third-order valence-electron chi connectivity index (χ3n) is 3.64. The van der Waals surface area contributed by atoms with Gasteiger partial charge in [0.05, 0.1) is 5.60 Å². The van der Waals surface area contributed by atoms with Gasteiger partial charge in [0, 0.05) is 18.6 Å². The second kappa shape index (κ2) is 9.19. The quantitative estimate of drug-likeness (QED) is 0.736. The lowest BCUT2D eigenvalue weighted by atomic mass is 10.1. The summed E-state index contributed by atoms with van der Waals surface area (Å²) < 4.78 is 11.2. The summed E-state index contributed by atoms with van der Waals surface area (Å²) in [5.41, 5.74) is 0.000153. The number of rotatable bonds is 8. The number of aliphatic carboxylic acids is 1. The van der Waals surface area contributed by atoms with Crippen LogP contribution in [0.25, 0.3) is 0 Å². The van der Waals surface area contributed by atoms with Gasteiger partial charge >= 0.3 is 5.97 Å². The largest absolute Gasteiger partial charge is 0.480 e. The molecule has 6 nitrogen and oxygen atoms in total. The molecule has 27 heavy (non-hydrogen) atoms. The van der Waals surface area contributed by atoms with Crippen molar-refractivity contribution in [1.82, 2.24) is 5.32 Å². The van der Waals surface area contributed by atoms with E-state index in [1.165, 1.54) is 0 Å². The molecule has 6 heteroatoms. The summed E-state index contributed by atoms with van der Waals surface area (Å²) in [6.45, 7) is 5.91. The van der Waals surface area contributed by atoms with Gasteiger partial charge in [-0.05, 0) is 57.2 Å². The predicted molar refractivity (Wildman–Crippen MR) is 102 cm³/mol. The number of carbonyl (C=O) groups is 2. The number of para-hydroxylation sites is 1. The van der Waals surface area contributed by atoms with Crippen molar-refractivity contribution in [2.75, 3.05) is 6.61 Å². The van der Waals surface area contributed by atoms with E-state index >= 15 is 0 Å². The second-order valence-corrected chi connectivity index (χ2v) is 7.05. The van der Waals surface area contributed by atoms with Gasteiger partial charge in [-0.25, -0.2) is 4.79 Å². The smallest absolute Gasteiger partial charge is 0.326 e. The Morgan fingerprint density at radius 2 is 1.59 bits per heavy atom. The summed E-state index contributed by atoms with van der Waals surface area (Å²) in [6, 6.07) is 14.8. The Kier molecular flexibility index (Phi) is 6.96. The molecule has 0 aliphatic rings. The molecule has 0 heterocycles. The Morgan fingerprint density at radius 1 is 1.00 bits per heavy atom. The van der Waals surface area contributed by atoms with Gasteiger partial charge in [0.1, 0.15) is 17.5 Å². The van der Waals surface area contributed by atoms with E-state index in [1.54, 1.807) is 24.3 Å². The van der Waals surface area contributed by atoms with E-state index in [9.17, 15) is 14.7 Å². The van der Waals surface area contributed by atoms with E-state index < -0.39 is 17.9 Å². The van der Waals surface area contributed by atoms with Gasteiger partial charge in [0.2, 0.25) is 0 Å². The highest BCUT2D eigenvalue weighted by molar-refractivity contribution is 5.96. The molecule has 2 aromatic rings. The second-order valence-electron chi connectivity index (χ2n) is 7.05. The number of amides is 1. The van der Waals surface area contributed by atoms with Gasteiger partial charge in [-0.2, -0.15) is 0 Å². The van der Waals surface area contributed by atoms with Crippen LogP contribution in [0.5, 0.6) is 11.5 Å². The van der Waals surface area contributed by atoms with Crippen LogP contribution >= 0.6 is 0 Å². The summed E-state index contributed by atoms with van der Waals surface area (Å²) in [5, 5.41) is 11.8. The van der Waals surface area contributed by atoms with E-state index in [0.717, 1.165) is 0 Å². The predicted octanol–water partition coefficient (Wildman–Crippen LogP) is 3.87. The minimum Gasteiger partial charge on any atom is -0.480 e.